The van der Waals surface area contributed by atoms with Gasteiger partial charge >= 0.3 is 5.92 Å². The normalized spacial score (nSPS) is 13.3. The molecule has 6 nitrogen and oxygen atoms in total. The summed E-state index contributed by atoms with van der Waals surface area (Å²) in [7, 11) is 1.48. The Morgan fingerprint density at radius 2 is 1.76 bits per heavy atom. The van der Waals surface area contributed by atoms with Gasteiger partial charge in [0, 0.05) is 17.9 Å². The van der Waals surface area contributed by atoms with Crippen LogP contribution in [0.5, 0.6) is 5.75 Å². The van der Waals surface area contributed by atoms with Gasteiger partial charge in [-0.05, 0) is 74.4 Å². The molecule has 9 heteroatoms. The second-order valence-electron chi connectivity index (χ2n) is 9.14. The number of aromatic nitrogens is 2. The average molecular weight is 512 g/mol. The Labute approximate surface area is 213 Å². The SMILES string of the molecule is COn1nc(-c2ccc(F)cc2)c2cc(O[C@H](c3cc(C)ccc3C)[C@H](C)NC(=O)C(C)(F)F)ccc21. The molecule has 1 heterocycles. The number of fused-ring (bicyclic) bond motifs is 1. The van der Waals surface area contributed by atoms with Gasteiger partial charge in [-0.3, -0.25) is 4.79 Å². The number of hydrogen-bond acceptors (Lipinski definition) is 4. The number of nitrogens with one attached hydrogen (secondary N) is 1. The van der Waals surface area contributed by atoms with Crippen molar-refractivity contribution in [3.8, 4) is 17.0 Å². The van der Waals surface area contributed by atoms with Crippen LogP contribution in [0.1, 0.15) is 36.6 Å². The van der Waals surface area contributed by atoms with Crippen molar-refractivity contribution >= 4 is 16.8 Å². The fourth-order valence-electron chi connectivity index (χ4n) is 4.16. The van der Waals surface area contributed by atoms with Gasteiger partial charge in [0.15, 0.2) is 0 Å². The largest absolute Gasteiger partial charge is 0.484 e. The highest BCUT2D eigenvalue weighted by Gasteiger charge is 2.35. The topological polar surface area (TPSA) is 65.4 Å². The van der Waals surface area contributed by atoms with E-state index in [9.17, 15) is 18.0 Å². The maximum Gasteiger partial charge on any atom is 0.321 e. The number of aryl methyl sites for hydroxylation is 2. The van der Waals surface area contributed by atoms with Crippen LogP contribution in [0.3, 0.4) is 0 Å². The summed E-state index contributed by atoms with van der Waals surface area (Å²) >= 11 is 0. The van der Waals surface area contributed by atoms with Crippen LogP contribution in [0.4, 0.5) is 13.2 Å². The van der Waals surface area contributed by atoms with Gasteiger partial charge in [-0.25, -0.2) is 4.39 Å². The number of carbonyl (C=O) groups is 1. The van der Waals surface area contributed by atoms with E-state index >= 15 is 0 Å². The van der Waals surface area contributed by atoms with Crippen LogP contribution in [-0.4, -0.2) is 34.9 Å². The zero-order valence-corrected chi connectivity index (χ0v) is 21.2. The maximum absolute atomic E-state index is 13.7. The van der Waals surface area contributed by atoms with Crippen molar-refractivity contribution in [3.05, 3.63) is 83.2 Å². The Kier molecular flexibility index (Phi) is 7.16. The van der Waals surface area contributed by atoms with Crippen LogP contribution in [0.25, 0.3) is 22.2 Å². The van der Waals surface area contributed by atoms with E-state index < -0.39 is 24.0 Å². The van der Waals surface area contributed by atoms with Crippen LogP contribution in [-0.2, 0) is 4.79 Å². The lowest BCUT2D eigenvalue weighted by molar-refractivity contribution is -0.144. The molecule has 37 heavy (non-hydrogen) atoms. The summed E-state index contributed by atoms with van der Waals surface area (Å²) < 4.78 is 47.2. The molecule has 0 saturated carbocycles. The van der Waals surface area contributed by atoms with Gasteiger partial charge in [-0.1, -0.05) is 28.6 Å². The number of halogens is 3. The highest BCUT2D eigenvalue weighted by molar-refractivity contribution is 5.94. The van der Waals surface area contributed by atoms with Crippen molar-refractivity contribution < 1.29 is 27.5 Å². The van der Waals surface area contributed by atoms with E-state index in [1.54, 1.807) is 37.3 Å². The molecule has 0 aliphatic carbocycles. The Bertz CT molecular complexity index is 1430. The molecule has 1 N–H and O–H groups in total. The molecule has 0 spiro atoms. The number of carbonyl (C=O) groups excluding carboxylic acids is 1. The van der Waals surface area contributed by atoms with E-state index in [2.05, 4.69) is 10.4 Å². The Balaban J connectivity index is 1.77. The smallest absolute Gasteiger partial charge is 0.321 e. The molecule has 0 saturated heterocycles. The van der Waals surface area contributed by atoms with E-state index in [1.807, 2.05) is 32.0 Å². The first-order valence-corrected chi connectivity index (χ1v) is 11.7. The maximum atomic E-state index is 13.7. The third kappa shape index (κ3) is 5.55. The monoisotopic (exact) mass is 511 g/mol. The molecule has 0 aliphatic rings. The van der Waals surface area contributed by atoms with Crippen LogP contribution in [0, 0.1) is 19.7 Å². The Morgan fingerprint density at radius 3 is 2.41 bits per heavy atom. The zero-order valence-electron chi connectivity index (χ0n) is 21.2. The lowest BCUT2D eigenvalue weighted by Gasteiger charge is -2.29. The van der Waals surface area contributed by atoms with Crippen molar-refractivity contribution in [2.75, 3.05) is 7.11 Å². The number of alkyl halides is 2. The fraction of sp³-hybridized carbons (Fsp3) is 0.286. The molecule has 0 bridgehead atoms. The second kappa shape index (κ2) is 10.2. The molecule has 3 aromatic carbocycles. The lowest BCUT2D eigenvalue weighted by atomic mass is 9.96. The van der Waals surface area contributed by atoms with Gasteiger partial charge in [-0.2, -0.15) is 8.78 Å². The third-order valence-corrected chi connectivity index (χ3v) is 6.13. The molecule has 0 aliphatic heterocycles. The molecule has 194 valence electrons. The standard InChI is InChI=1S/C28H28F3N3O3/c1-16-6-7-17(2)22(14-16)26(18(3)32-27(35)28(4,30)31)37-21-12-13-24-23(15-21)25(33-34(24)36-5)19-8-10-20(29)11-9-19/h6-15,18,26H,1-5H3,(H,32,35)/t18-,26-/m0/s1. The predicted octanol–water partition coefficient (Wildman–Crippen LogP) is 5.80. The van der Waals surface area contributed by atoms with Crippen LogP contribution < -0.4 is 14.9 Å². The molecule has 0 unspecified atom stereocenters. The van der Waals surface area contributed by atoms with E-state index in [1.165, 1.54) is 24.1 Å². The predicted molar refractivity (Wildman–Crippen MR) is 135 cm³/mol. The summed E-state index contributed by atoms with van der Waals surface area (Å²) in [5.41, 5.74) is 4.50. The summed E-state index contributed by atoms with van der Waals surface area (Å²) in [6.07, 6.45) is -0.768. The summed E-state index contributed by atoms with van der Waals surface area (Å²) in [6.45, 7) is 6.00. The van der Waals surface area contributed by atoms with Gasteiger partial charge in [0.1, 0.15) is 36.0 Å². The van der Waals surface area contributed by atoms with Crippen LogP contribution in [0.15, 0.2) is 60.7 Å². The van der Waals surface area contributed by atoms with Crippen molar-refractivity contribution in [2.24, 2.45) is 0 Å². The third-order valence-electron chi connectivity index (χ3n) is 6.13. The first-order valence-electron chi connectivity index (χ1n) is 11.7. The van der Waals surface area contributed by atoms with Crippen molar-refractivity contribution in [1.29, 1.82) is 0 Å². The number of amides is 1. The summed E-state index contributed by atoms with van der Waals surface area (Å²) in [5.74, 6) is -4.84. The molecular formula is C28H28F3N3O3. The van der Waals surface area contributed by atoms with E-state index in [0.717, 1.165) is 16.7 Å². The molecule has 0 fully saturated rings. The molecule has 1 aromatic heterocycles. The summed E-state index contributed by atoms with van der Waals surface area (Å²) in [4.78, 5) is 18.8. The molecule has 4 aromatic rings. The van der Waals surface area contributed by atoms with Crippen LogP contribution >= 0.6 is 0 Å². The fourth-order valence-corrected chi connectivity index (χ4v) is 4.16. The van der Waals surface area contributed by atoms with Gasteiger partial charge in [0.2, 0.25) is 0 Å². The van der Waals surface area contributed by atoms with Crippen molar-refractivity contribution in [1.82, 2.24) is 15.3 Å². The number of rotatable bonds is 8. The highest BCUT2D eigenvalue weighted by Crippen LogP contribution is 2.34. The lowest BCUT2D eigenvalue weighted by Crippen LogP contribution is -2.46. The second-order valence-corrected chi connectivity index (χ2v) is 9.14. The minimum absolute atomic E-state index is 0.367. The van der Waals surface area contributed by atoms with E-state index in [4.69, 9.17) is 9.57 Å². The summed E-state index contributed by atoms with van der Waals surface area (Å²) in [5, 5.41) is 7.56. The minimum atomic E-state index is -3.53. The van der Waals surface area contributed by atoms with Crippen molar-refractivity contribution in [2.45, 2.75) is 45.8 Å². The van der Waals surface area contributed by atoms with Gasteiger partial charge < -0.3 is 14.9 Å². The van der Waals surface area contributed by atoms with Crippen LogP contribution in [0.2, 0.25) is 0 Å². The Hall–Kier alpha value is -4.01. The molecule has 0 radical (unpaired) electrons. The average Bonchev–Trinajstić information content (AvgIpc) is 3.22. The number of benzene rings is 3. The van der Waals surface area contributed by atoms with Crippen molar-refractivity contribution in [3.63, 3.8) is 0 Å². The van der Waals surface area contributed by atoms with Gasteiger partial charge in [0.25, 0.3) is 5.91 Å². The number of hydrogen-bond donors (Lipinski definition) is 1. The highest BCUT2D eigenvalue weighted by atomic mass is 19.3. The molecule has 2 atom stereocenters. The summed E-state index contributed by atoms with van der Waals surface area (Å²) in [6, 6.07) is 16.2. The molecule has 1 amide bonds. The van der Waals surface area contributed by atoms with Gasteiger partial charge in [-0.15, -0.1) is 5.10 Å². The van der Waals surface area contributed by atoms with Gasteiger partial charge in [0.05, 0.1) is 6.04 Å². The first kappa shape index (κ1) is 26.1. The van der Waals surface area contributed by atoms with E-state index in [0.29, 0.717) is 34.8 Å². The van der Waals surface area contributed by atoms with E-state index in [-0.39, 0.29) is 5.82 Å². The first-order chi connectivity index (χ1) is 17.5. The Morgan fingerprint density at radius 1 is 1.05 bits per heavy atom. The molecule has 4 rings (SSSR count). The number of ether oxygens (including phenoxy) is 1. The zero-order chi connectivity index (χ0) is 26.9. The molecular weight excluding hydrogens is 483 g/mol. The number of nitrogens with zero attached hydrogens (tertiary/aromatic N) is 2. The minimum Gasteiger partial charge on any atom is -0.484 e. The quantitative estimate of drug-likeness (QED) is 0.325.